The fourth-order valence-electron chi connectivity index (χ4n) is 3.63. The Kier molecular flexibility index (Phi) is 15.2. The SMILES string of the molecule is CCOC(=O)c1c(OC(=O)CCOCCOC)c(OC(=O)CCOCCOC)c(C(=O)N(C)C)n1-c1ccc(OC)cc1. The molecule has 0 N–H and O–H groups in total. The molecule has 2 aromatic rings. The van der Waals surface area contributed by atoms with Crippen LogP contribution in [0.2, 0.25) is 0 Å². The molecule has 0 radical (unpaired) electrons. The van der Waals surface area contributed by atoms with E-state index in [0.29, 0.717) is 24.7 Å². The predicted octanol–water partition coefficient (Wildman–Crippen LogP) is 2.28. The van der Waals surface area contributed by atoms with Crippen molar-refractivity contribution in [3.05, 3.63) is 35.7 Å². The molecule has 1 aromatic carbocycles. The smallest absolute Gasteiger partial charge is 0.359 e. The molecule has 0 aliphatic heterocycles. The van der Waals surface area contributed by atoms with Gasteiger partial charge in [-0.25, -0.2) is 4.79 Å². The van der Waals surface area contributed by atoms with Crippen LogP contribution in [-0.4, -0.2) is 115 Å². The lowest BCUT2D eigenvalue weighted by Crippen LogP contribution is -2.26. The van der Waals surface area contributed by atoms with Crippen LogP contribution in [0.3, 0.4) is 0 Å². The van der Waals surface area contributed by atoms with Gasteiger partial charge in [-0.1, -0.05) is 0 Å². The van der Waals surface area contributed by atoms with Gasteiger partial charge in [-0.15, -0.1) is 0 Å². The van der Waals surface area contributed by atoms with Gasteiger partial charge in [0, 0.05) is 34.0 Å². The number of aromatic nitrogens is 1. The quantitative estimate of drug-likeness (QED) is 0.170. The monoisotopic (exact) mass is 608 g/mol. The van der Waals surface area contributed by atoms with Gasteiger partial charge in [0.15, 0.2) is 11.4 Å². The minimum Gasteiger partial charge on any atom is -0.497 e. The van der Waals surface area contributed by atoms with E-state index in [1.54, 1.807) is 31.2 Å². The van der Waals surface area contributed by atoms with Crippen molar-refractivity contribution in [2.45, 2.75) is 19.8 Å². The van der Waals surface area contributed by atoms with Gasteiger partial charge in [0.1, 0.15) is 5.75 Å². The van der Waals surface area contributed by atoms with E-state index in [2.05, 4.69) is 0 Å². The number of rotatable bonds is 19. The molecule has 0 aliphatic rings. The molecule has 0 aliphatic carbocycles. The molecule has 1 amide bonds. The van der Waals surface area contributed by atoms with E-state index in [4.69, 9.17) is 37.9 Å². The summed E-state index contributed by atoms with van der Waals surface area (Å²) < 4.78 is 43.6. The number of carbonyl (C=O) groups is 4. The molecule has 0 saturated carbocycles. The summed E-state index contributed by atoms with van der Waals surface area (Å²) in [5.74, 6) is -3.54. The van der Waals surface area contributed by atoms with Crippen LogP contribution in [0.4, 0.5) is 0 Å². The normalized spacial score (nSPS) is 10.7. The Morgan fingerprint density at radius 1 is 0.721 bits per heavy atom. The largest absolute Gasteiger partial charge is 0.497 e. The maximum absolute atomic E-state index is 13.6. The number of nitrogens with zero attached hydrogens (tertiary/aromatic N) is 2. The maximum Gasteiger partial charge on any atom is 0.359 e. The van der Waals surface area contributed by atoms with Gasteiger partial charge in [0.05, 0.1) is 66.2 Å². The Morgan fingerprint density at radius 2 is 1.23 bits per heavy atom. The molecule has 14 nitrogen and oxygen atoms in total. The Balaban J connectivity index is 2.70. The van der Waals surface area contributed by atoms with Gasteiger partial charge in [-0.3, -0.25) is 19.0 Å². The minimum absolute atomic E-state index is 0.00297. The number of amides is 1. The van der Waals surface area contributed by atoms with Crippen molar-refractivity contribution in [1.82, 2.24) is 9.47 Å². The van der Waals surface area contributed by atoms with Crippen LogP contribution in [0.25, 0.3) is 5.69 Å². The average molecular weight is 609 g/mol. The summed E-state index contributed by atoms with van der Waals surface area (Å²) >= 11 is 0. The molecule has 0 bridgehead atoms. The van der Waals surface area contributed by atoms with Crippen LogP contribution in [-0.2, 0) is 33.3 Å². The Morgan fingerprint density at radius 3 is 1.67 bits per heavy atom. The molecule has 1 heterocycles. The first-order valence-electron chi connectivity index (χ1n) is 13.6. The van der Waals surface area contributed by atoms with Gasteiger partial charge >= 0.3 is 17.9 Å². The molecule has 238 valence electrons. The molecule has 2 rings (SSSR count). The van der Waals surface area contributed by atoms with E-state index in [0.717, 1.165) is 0 Å². The lowest BCUT2D eigenvalue weighted by Gasteiger charge is -2.16. The second-order valence-electron chi connectivity index (χ2n) is 8.97. The summed E-state index contributed by atoms with van der Waals surface area (Å²) in [5.41, 5.74) is -0.268. The summed E-state index contributed by atoms with van der Waals surface area (Å²) in [6.07, 6.45) is -0.417. The summed E-state index contributed by atoms with van der Waals surface area (Å²) in [5, 5.41) is 0. The topological polar surface area (TPSA) is 150 Å². The molecule has 0 saturated heterocycles. The third-order valence-corrected chi connectivity index (χ3v) is 5.69. The lowest BCUT2D eigenvalue weighted by atomic mass is 10.2. The fourth-order valence-corrected chi connectivity index (χ4v) is 3.63. The Labute approximate surface area is 250 Å². The summed E-state index contributed by atoms with van der Waals surface area (Å²) in [6.45, 7) is 2.73. The molecular formula is C29H40N2O12. The first-order chi connectivity index (χ1) is 20.7. The number of hydrogen-bond donors (Lipinski definition) is 0. The van der Waals surface area contributed by atoms with Crippen LogP contribution >= 0.6 is 0 Å². The van der Waals surface area contributed by atoms with Crippen LogP contribution < -0.4 is 14.2 Å². The van der Waals surface area contributed by atoms with Gasteiger partial charge < -0.3 is 42.8 Å². The van der Waals surface area contributed by atoms with E-state index < -0.39 is 35.3 Å². The van der Waals surface area contributed by atoms with E-state index in [1.165, 1.54) is 44.9 Å². The summed E-state index contributed by atoms with van der Waals surface area (Å²) in [4.78, 5) is 54.2. The molecule has 14 heteroatoms. The van der Waals surface area contributed by atoms with E-state index in [9.17, 15) is 19.2 Å². The number of benzene rings is 1. The van der Waals surface area contributed by atoms with Crippen molar-refractivity contribution in [3.63, 3.8) is 0 Å². The number of methoxy groups -OCH3 is 3. The van der Waals surface area contributed by atoms with Crippen molar-refractivity contribution in [3.8, 4) is 22.9 Å². The van der Waals surface area contributed by atoms with Crippen molar-refractivity contribution >= 4 is 23.8 Å². The van der Waals surface area contributed by atoms with E-state index in [-0.39, 0.29) is 57.3 Å². The number of hydrogen-bond acceptors (Lipinski definition) is 12. The second-order valence-corrected chi connectivity index (χ2v) is 8.97. The zero-order valence-electron chi connectivity index (χ0n) is 25.5. The molecule has 0 spiro atoms. The zero-order valence-corrected chi connectivity index (χ0v) is 25.5. The van der Waals surface area contributed by atoms with Crippen LogP contribution in [0.1, 0.15) is 40.7 Å². The van der Waals surface area contributed by atoms with Gasteiger partial charge in [-0.05, 0) is 31.2 Å². The third kappa shape index (κ3) is 10.4. The Hall–Kier alpha value is -3.98. The molecule has 0 fully saturated rings. The third-order valence-electron chi connectivity index (χ3n) is 5.69. The number of carbonyl (C=O) groups excluding carboxylic acids is 4. The lowest BCUT2D eigenvalue weighted by molar-refractivity contribution is -0.138. The van der Waals surface area contributed by atoms with Crippen molar-refractivity contribution in [1.29, 1.82) is 0 Å². The number of ether oxygens (including phenoxy) is 8. The van der Waals surface area contributed by atoms with Crippen LogP contribution in [0, 0.1) is 0 Å². The van der Waals surface area contributed by atoms with Gasteiger partial charge in [0.2, 0.25) is 11.5 Å². The highest BCUT2D eigenvalue weighted by Gasteiger charge is 2.37. The summed E-state index contributed by atoms with van der Waals surface area (Å²) in [7, 11) is 7.49. The maximum atomic E-state index is 13.6. The Bertz CT molecular complexity index is 1210. The zero-order chi connectivity index (χ0) is 31.8. The minimum atomic E-state index is -0.921. The highest BCUT2D eigenvalue weighted by Crippen LogP contribution is 2.42. The van der Waals surface area contributed by atoms with Crippen molar-refractivity contribution in [2.24, 2.45) is 0 Å². The summed E-state index contributed by atoms with van der Waals surface area (Å²) in [6, 6.07) is 6.39. The fraction of sp³-hybridized carbons (Fsp3) is 0.517. The molecule has 43 heavy (non-hydrogen) atoms. The first kappa shape index (κ1) is 35.2. The predicted molar refractivity (Wildman–Crippen MR) is 152 cm³/mol. The molecule has 0 unspecified atom stereocenters. The van der Waals surface area contributed by atoms with Gasteiger partial charge in [0.25, 0.3) is 5.91 Å². The molecule has 1 aromatic heterocycles. The standard InChI is InChI=1S/C29H40N2O12/c1-7-41-29(35)25-27(43-23(33)13-15-40-19-17-37-5)26(42-22(32)12-14-39-18-16-36-4)24(28(34)30(2)3)31(25)20-8-10-21(38-6)11-9-20/h8-11H,7,12-19H2,1-6H3. The number of esters is 3. The van der Waals surface area contributed by atoms with E-state index >= 15 is 0 Å². The average Bonchev–Trinajstić information content (AvgIpc) is 3.29. The second kappa shape index (κ2) is 18.5. The van der Waals surface area contributed by atoms with E-state index in [1.807, 2.05) is 0 Å². The van der Waals surface area contributed by atoms with Gasteiger partial charge in [-0.2, -0.15) is 0 Å². The molecule has 0 atom stereocenters. The molecular weight excluding hydrogens is 568 g/mol. The first-order valence-corrected chi connectivity index (χ1v) is 13.6. The highest BCUT2D eigenvalue weighted by atomic mass is 16.6. The van der Waals surface area contributed by atoms with Crippen molar-refractivity contribution in [2.75, 3.05) is 81.7 Å². The highest BCUT2D eigenvalue weighted by molar-refractivity contribution is 6.04. The van der Waals surface area contributed by atoms with Crippen LogP contribution in [0.5, 0.6) is 17.2 Å². The van der Waals surface area contributed by atoms with Crippen molar-refractivity contribution < 1.29 is 57.1 Å². The van der Waals surface area contributed by atoms with Crippen LogP contribution in [0.15, 0.2) is 24.3 Å².